The van der Waals surface area contributed by atoms with Crippen molar-refractivity contribution >= 4 is 43.2 Å². The van der Waals surface area contributed by atoms with E-state index in [0.717, 1.165) is 19.4 Å². The monoisotopic (exact) mass is 361 g/mol. The van der Waals surface area contributed by atoms with Gasteiger partial charge < -0.3 is 4.57 Å². The van der Waals surface area contributed by atoms with Crippen molar-refractivity contribution in [2.45, 2.75) is 13.5 Å². The molecule has 5 heteroatoms. The first kappa shape index (κ1) is 12.1. The van der Waals surface area contributed by atoms with E-state index in [1.807, 2.05) is 30.6 Å². The van der Waals surface area contributed by atoms with Gasteiger partial charge in [-0.25, -0.2) is 0 Å². The minimum Gasteiger partial charge on any atom is -0.309 e. The van der Waals surface area contributed by atoms with E-state index in [1.165, 1.54) is 0 Å². The second kappa shape index (κ2) is 4.85. The van der Waals surface area contributed by atoms with Crippen LogP contribution in [0.15, 0.2) is 37.4 Å². The van der Waals surface area contributed by atoms with Crippen molar-refractivity contribution in [3.05, 3.63) is 53.4 Å². The molecule has 0 aromatic carbocycles. The van der Waals surface area contributed by atoms with Gasteiger partial charge in [0.1, 0.15) is 0 Å². The van der Waals surface area contributed by atoms with E-state index in [-0.39, 0.29) is 5.56 Å². The summed E-state index contributed by atoms with van der Waals surface area (Å²) < 4.78 is 3.70. The Bertz CT molecular complexity index is 574. The Labute approximate surface area is 114 Å². The van der Waals surface area contributed by atoms with Crippen LogP contribution in [0, 0.1) is 6.92 Å². The van der Waals surface area contributed by atoms with Crippen LogP contribution >= 0.6 is 43.2 Å². The molecule has 2 heterocycles. The Balaban J connectivity index is 2.43. The largest absolute Gasteiger partial charge is 0.309 e. The number of aromatic nitrogens is 1. The van der Waals surface area contributed by atoms with Gasteiger partial charge >= 0.3 is 0 Å². The summed E-state index contributed by atoms with van der Waals surface area (Å²) in [5.41, 5.74) is 0.811. The van der Waals surface area contributed by atoms with E-state index in [1.54, 1.807) is 15.9 Å². The van der Waals surface area contributed by atoms with Crippen LogP contribution in [0.25, 0.3) is 0 Å². The molecule has 2 nitrogen and oxygen atoms in total. The lowest BCUT2D eigenvalue weighted by Gasteiger charge is -2.06. The minimum absolute atomic E-state index is 0.0588. The number of rotatable bonds is 2. The number of hydrogen-bond acceptors (Lipinski definition) is 2. The average Bonchev–Trinajstić information content (AvgIpc) is 2.60. The number of thiophene rings is 1. The van der Waals surface area contributed by atoms with E-state index in [4.69, 9.17) is 0 Å². The second-order valence-corrected chi connectivity index (χ2v) is 6.24. The fraction of sp³-hybridized carbons (Fsp3) is 0.182. The Hall–Kier alpha value is -0.390. The predicted molar refractivity (Wildman–Crippen MR) is 74.3 cm³/mol. The van der Waals surface area contributed by atoms with E-state index in [9.17, 15) is 4.79 Å². The number of hydrogen-bond donors (Lipinski definition) is 0. The summed E-state index contributed by atoms with van der Waals surface area (Å²) in [7, 11) is 0. The van der Waals surface area contributed by atoms with Gasteiger partial charge in [-0.15, -0.1) is 11.3 Å². The molecule has 0 aliphatic heterocycles. The third kappa shape index (κ3) is 2.47. The fourth-order valence-electron chi connectivity index (χ4n) is 1.45. The number of nitrogens with zero attached hydrogens (tertiary/aromatic N) is 1. The van der Waals surface area contributed by atoms with Crippen LogP contribution < -0.4 is 5.56 Å². The van der Waals surface area contributed by atoms with Crippen molar-refractivity contribution in [2.24, 2.45) is 0 Å². The Kier molecular flexibility index (Phi) is 3.66. The Morgan fingerprint density at radius 2 is 2.19 bits per heavy atom. The fourth-order valence-corrected chi connectivity index (χ4v) is 3.52. The highest BCUT2D eigenvalue weighted by Crippen LogP contribution is 2.23. The minimum atomic E-state index is 0.0588. The zero-order chi connectivity index (χ0) is 11.7. The van der Waals surface area contributed by atoms with Crippen molar-refractivity contribution in [3.63, 3.8) is 0 Å². The molecule has 0 aliphatic rings. The second-order valence-electron chi connectivity index (χ2n) is 3.47. The highest BCUT2D eigenvalue weighted by molar-refractivity contribution is 9.10. The normalized spacial score (nSPS) is 10.7. The lowest BCUT2D eigenvalue weighted by Crippen LogP contribution is -2.21. The van der Waals surface area contributed by atoms with Gasteiger partial charge in [0.05, 0.1) is 6.54 Å². The van der Waals surface area contributed by atoms with Crippen LogP contribution in [-0.2, 0) is 6.54 Å². The first-order valence-corrected chi connectivity index (χ1v) is 7.13. The number of aryl methyl sites for hydroxylation is 1. The van der Waals surface area contributed by atoms with E-state index in [2.05, 4.69) is 31.9 Å². The molecule has 0 unspecified atom stereocenters. The summed E-state index contributed by atoms with van der Waals surface area (Å²) in [5, 5.41) is 2.01. The maximum Gasteiger partial charge on any atom is 0.253 e. The molecule has 84 valence electrons. The van der Waals surface area contributed by atoms with Crippen LogP contribution in [0.4, 0.5) is 0 Å². The van der Waals surface area contributed by atoms with Crippen molar-refractivity contribution in [2.75, 3.05) is 0 Å². The molecular formula is C11H9Br2NOS. The van der Waals surface area contributed by atoms with Gasteiger partial charge in [-0.3, -0.25) is 4.79 Å². The summed E-state index contributed by atoms with van der Waals surface area (Å²) in [4.78, 5) is 13.0. The first-order chi connectivity index (χ1) is 7.58. The number of pyridine rings is 1. The molecule has 0 saturated carbocycles. The first-order valence-electron chi connectivity index (χ1n) is 4.66. The van der Waals surface area contributed by atoms with Gasteiger partial charge in [0.2, 0.25) is 0 Å². The summed E-state index contributed by atoms with van der Waals surface area (Å²) >= 11 is 8.51. The molecule has 16 heavy (non-hydrogen) atoms. The van der Waals surface area contributed by atoms with E-state index >= 15 is 0 Å². The summed E-state index contributed by atoms with van der Waals surface area (Å²) in [6.07, 6.45) is 1.82. The SMILES string of the molecule is Cc1cc(Br)cn(Cc2sccc2Br)c1=O. The van der Waals surface area contributed by atoms with E-state index in [0.29, 0.717) is 6.54 Å². The molecule has 0 atom stereocenters. The van der Waals surface area contributed by atoms with Crippen molar-refractivity contribution in [1.82, 2.24) is 4.57 Å². The van der Waals surface area contributed by atoms with Crippen molar-refractivity contribution < 1.29 is 0 Å². The smallest absolute Gasteiger partial charge is 0.253 e. The lowest BCUT2D eigenvalue weighted by molar-refractivity contribution is 0.757. The third-order valence-electron chi connectivity index (χ3n) is 2.24. The molecule has 2 rings (SSSR count). The van der Waals surface area contributed by atoms with Crippen molar-refractivity contribution in [1.29, 1.82) is 0 Å². The van der Waals surface area contributed by atoms with Gasteiger partial charge in [-0.1, -0.05) is 0 Å². The standard InChI is InChI=1S/C11H9Br2NOS/c1-7-4-8(12)5-14(11(7)15)6-10-9(13)2-3-16-10/h2-5H,6H2,1H3. The van der Waals surface area contributed by atoms with Gasteiger partial charge in [-0.2, -0.15) is 0 Å². The van der Waals surface area contributed by atoms with E-state index < -0.39 is 0 Å². The summed E-state index contributed by atoms with van der Waals surface area (Å²) in [5.74, 6) is 0. The molecule has 0 spiro atoms. The molecule has 2 aromatic rings. The zero-order valence-electron chi connectivity index (χ0n) is 8.54. The number of halogens is 2. The average molecular weight is 363 g/mol. The van der Waals surface area contributed by atoms with Gasteiger partial charge in [-0.05, 0) is 56.3 Å². The molecule has 0 aliphatic carbocycles. The van der Waals surface area contributed by atoms with Gasteiger partial charge in [0.15, 0.2) is 0 Å². The molecular weight excluding hydrogens is 354 g/mol. The highest BCUT2D eigenvalue weighted by atomic mass is 79.9. The molecule has 0 amide bonds. The van der Waals surface area contributed by atoms with Gasteiger partial charge in [0, 0.05) is 25.6 Å². The molecule has 2 aromatic heterocycles. The molecule has 0 fully saturated rings. The maximum atomic E-state index is 11.9. The van der Waals surface area contributed by atoms with Crippen LogP contribution in [0.1, 0.15) is 10.4 Å². The molecule has 0 radical (unpaired) electrons. The van der Waals surface area contributed by atoms with Crippen LogP contribution in [0.2, 0.25) is 0 Å². The topological polar surface area (TPSA) is 22.0 Å². The summed E-state index contributed by atoms with van der Waals surface area (Å²) in [6.45, 7) is 2.43. The molecule has 0 saturated heterocycles. The lowest BCUT2D eigenvalue weighted by atomic mass is 10.3. The quantitative estimate of drug-likeness (QED) is 0.796. The maximum absolute atomic E-state index is 11.9. The van der Waals surface area contributed by atoms with Crippen LogP contribution in [-0.4, -0.2) is 4.57 Å². The molecule has 0 bridgehead atoms. The summed E-state index contributed by atoms with van der Waals surface area (Å²) in [6, 6.07) is 3.83. The Morgan fingerprint density at radius 1 is 1.44 bits per heavy atom. The predicted octanol–water partition coefficient (Wildman–Crippen LogP) is 3.79. The third-order valence-corrected chi connectivity index (χ3v) is 4.58. The van der Waals surface area contributed by atoms with Crippen LogP contribution in [0.3, 0.4) is 0 Å². The highest BCUT2D eigenvalue weighted by Gasteiger charge is 2.06. The Morgan fingerprint density at radius 3 is 2.81 bits per heavy atom. The van der Waals surface area contributed by atoms with Crippen LogP contribution in [0.5, 0.6) is 0 Å². The molecule has 0 N–H and O–H groups in total. The van der Waals surface area contributed by atoms with Gasteiger partial charge in [0.25, 0.3) is 5.56 Å². The van der Waals surface area contributed by atoms with Crippen molar-refractivity contribution in [3.8, 4) is 0 Å². The zero-order valence-corrected chi connectivity index (χ0v) is 12.5.